The Morgan fingerprint density at radius 3 is 2.64 bits per heavy atom. The van der Waals surface area contributed by atoms with Crippen LogP contribution < -0.4 is 5.32 Å². The minimum absolute atomic E-state index is 0.246. The van der Waals surface area contributed by atoms with Crippen molar-refractivity contribution in [3.05, 3.63) is 71.4 Å². The van der Waals surface area contributed by atoms with Gasteiger partial charge in [0, 0.05) is 18.1 Å². The molecule has 3 aromatic rings. The number of hydrogen-bond acceptors (Lipinski definition) is 3. The molecule has 0 spiro atoms. The van der Waals surface area contributed by atoms with Crippen molar-refractivity contribution in [2.24, 2.45) is 0 Å². The second-order valence-electron chi connectivity index (χ2n) is 5.19. The van der Waals surface area contributed by atoms with Crippen molar-refractivity contribution < 1.29 is 9.21 Å². The predicted octanol–water partition coefficient (Wildman–Crippen LogP) is 3.39. The highest BCUT2D eigenvalue weighted by atomic mass is 16.4. The van der Waals surface area contributed by atoms with E-state index < -0.39 is 0 Å². The number of nitrogens with zero attached hydrogens (tertiary/aromatic N) is 2. The SMILES string of the molecule is Cc1cccc(C)c1NC(=O)c1ccc(Cn2cccn2)o1. The topological polar surface area (TPSA) is 60.1 Å². The Labute approximate surface area is 128 Å². The number of benzene rings is 1. The van der Waals surface area contributed by atoms with E-state index in [9.17, 15) is 4.79 Å². The molecule has 2 heterocycles. The van der Waals surface area contributed by atoms with Crippen LogP contribution in [-0.4, -0.2) is 15.7 Å². The van der Waals surface area contributed by atoms with Crippen molar-refractivity contribution in [3.63, 3.8) is 0 Å². The van der Waals surface area contributed by atoms with Gasteiger partial charge in [-0.1, -0.05) is 18.2 Å². The molecule has 1 aromatic carbocycles. The number of nitrogens with one attached hydrogen (secondary N) is 1. The maximum Gasteiger partial charge on any atom is 0.291 e. The molecule has 1 N–H and O–H groups in total. The summed E-state index contributed by atoms with van der Waals surface area (Å²) < 4.78 is 7.34. The van der Waals surface area contributed by atoms with Gasteiger partial charge in [-0.3, -0.25) is 9.48 Å². The monoisotopic (exact) mass is 295 g/mol. The summed E-state index contributed by atoms with van der Waals surface area (Å²) in [6.45, 7) is 4.44. The van der Waals surface area contributed by atoms with Gasteiger partial charge in [0.15, 0.2) is 5.76 Å². The number of para-hydroxylation sites is 1. The number of furan rings is 1. The van der Waals surface area contributed by atoms with Crippen LogP contribution >= 0.6 is 0 Å². The standard InChI is InChI=1S/C17H17N3O2/c1-12-5-3-6-13(2)16(12)19-17(21)15-8-7-14(22-15)11-20-10-4-9-18-20/h3-10H,11H2,1-2H3,(H,19,21). The van der Waals surface area contributed by atoms with Crippen molar-refractivity contribution in [1.82, 2.24) is 9.78 Å². The van der Waals surface area contributed by atoms with E-state index >= 15 is 0 Å². The zero-order valence-corrected chi connectivity index (χ0v) is 12.5. The van der Waals surface area contributed by atoms with E-state index in [2.05, 4.69) is 10.4 Å². The maximum absolute atomic E-state index is 12.3. The fraction of sp³-hybridized carbons (Fsp3) is 0.176. The number of anilines is 1. The number of carbonyl (C=O) groups is 1. The lowest BCUT2D eigenvalue weighted by atomic mass is 10.1. The highest BCUT2D eigenvalue weighted by Gasteiger charge is 2.14. The van der Waals surface area contributed by atoms with Crippen LogP contribution in [0, 0.1) is 13.8 Å². The van der Waals surface area contributed by atoms with E-state index in [0.29, 0.717) is 18.1 Å². The van der Waals surface area contributed by atoms with Gasteiger partial charge in [0.25, 0.3) is 5.91 Å². The van der Waals surface area contributed by atoms with Gasteiger partial charge >= 0.3 is 0 Å². The molecule has 0 bridgehead atoms. The molecule has 0 fully saturated rings. The van der Waals surface area contributed by atoms with Crippen LogP contribution in [0.4, 0.5) is 5.69 Å². The second-order valence-corrected chi connectivity index (χ2v) is 5.19. The number of carbonyl (C=O) groups excluding carboxylic acids is 1. The first-order valence-corrected chi connectivity index (χ1v) is 7.07. The van der Waals surface area contributed by atoms with Gasteiger partial charge < -0.3 is 9.73 Å². The van der Waals surface area contributed by atoms with E-state index in [1.807, 2.05) is 44.3 Å². The lowest BCUT2D eigenvalue weighted by Gasteiger charge is -2.10. The Morgan fingerprint density at radius 2 is 1.95 bits per heavy atom. The Bertz CT molecular complexity index is 768. The molecule has 0 saturated carbocycles. The smallest absolute Gasteiger partial charge is 0.291 e. The molecule has 0 aliphatic rings. The average Bonchev–Trinajstić information content (AvgIpc) is 3.15. The maximum atomic E-state index is 12.3. The molecule has 0 aliphatic heterocycles. The van der Waals surface area contributed by atoms with Crippen molar-refractivity contribution >= 4 is 11.6 Å². The van der Waals surface area contributed by atoms with Crippen LogP contribution in [-0.2, 0) is 6.54 Å². The van der Waals surface area contributed by atoms with Crippen LogP contribution in [0.1, 0.15) is 27.4 Å². The molecule has 0 atom stereocenters. The van der Waals surface area contributed by atoms with Gasteiger partial charge in [0.05, 0.1) is 6.54 Å². The van der Waals surface area contributed by atoms with Gasteiger partial charge in [-0.05, 0) is 43.2 Å². The summed E-state index contributed by atoms with van der Waals surface area (Å²) in [4.78, 5) is 12.3. The summed E-state index contributed by atoms with van der Waals surface area (Å²) in [5.74, 6) is 0.740. The van der Waals surface area contributed by atoms with Crippen LogP contribution in [0.5, 0.6) is 0 Å². The van der Waals surface area contributed by atoms with Gasteiger partial charge in [-0.25, -0.2) is 0 Å². The van der Waals surface area contributed by atoms with E-state index in [0.717, 1.165) is 16.8 Å². The van der Waals surface area contributed by atoms with Crippen LogP contribution in [0.2, 0.25) is 0 Å². The molecule has 2 aromatic heterocycles. The Morgan fingerprint density at radius 1 is 1.18 bits per heavy atom. The van der Waals surface area contributed by atoms with E-state index in [1.54, 1.807) is 23.0 Å². The van der Waals surface area contributed by atoms with Crippen molar-refractivity contribution in [2.75, 3.05) is 5.32 Å². The Hall–Kier alpha value is -2.82. The molecule has 0 radical (unpaired) electrons. The zero-order valence-electron chi connectivity index (χ0n) is 12.5. The van der Waals surface area contributed by atoms with Gasteiger partial charge in [-0.2, -0.15) is 5.10 Å². The summed E-state index contributed by atoms with van der Waals surface area (Å²) >= 11 is 0. The average molecular weight is 295 g/mol. The molecule has 5 nitrogen and oxygen atoms in total. The number of aryl methyl sites for hydroxylation is 2. The minimum atomic E-state index is -0.246. The lowest BCUT2D eigenvalue weighted by Crippen LogP contribution is -2.13. The van der Waals surface area contributed by atoms with Crippen molar-refractivity contribution in [1.29, 1.82) is 0 Å². The van der Waals surface area contributed by atoms with E-state index in [-0.39, 0.29) is 5.91 Å². The molecule has 0 saturated heterocycles. The minimum Gasteiger partial charge on any atom is -0.454 e. The quantitative estimate of drug-likeness (QED) is 0.802. The van der Waals surface area contributed by atoms with E-state index in [1.165, 1.54) is 0 Å². The first kappa shape index (κ1) is 14.1. The summed E-state index contributed by atoms with van der Waals surface area (Å²) in [6, 6.07) is 11.2. The molecular weight excluding hydrogens is 278 g/mol. The van der Waals surface area contributed by atoms with E-state index in [4.69, 9.17) is 4.42 Å². The third kappa shape index (κ3) is 2.93. The van der Waals surface area contributed by atoms with Crippen LogP contribution in [0.3, 0.4) is 0 Å². The third-order valence-corrected chi connectivity index (χ3v) is 3.48. The number of rotatable bonds is 4. The van der Waals surface area contributed by atoms with Gasteiger partial charge in [0.1, 0.15) is 5.76 Å². The normalized spacial score (nSPS) is 10.6. The highest BCUT2D eigenvalue weighted by Crippen LogP contribution is 2.21. The molecular formula is C17H17N3O2. The predicted molar refractivity (Wildman–Crippen MR) is 83.9 cm³/mol. The fourth-order valence-corrected chi connectivity index (χ4v) is 2.33. The molecule has 0 aliphatic carbocycles. The summed E-state index contributed by atoms with van der Waals surface area (Å²) in [7, 11) is 0. The number of hydrogen-bond donors (Lipinski definition) is 1. The number of aromatic nitrogens is 2. The Balaban J connectivity index is 1.74. The molecule has 1 amide bonds. The number of amides is 1. The third-order valence-electron chi connectivity index (χ3n) is 3.48. The first-order valence-electron chi connectivity index (χ1n) is 7.07. The van der Waals surface area contributed by atoms with Crippen molar-refractivity contribution in [2.45, 2.75) is 20.4 Å². The van der Waals surface area contributed by atoms with Crippen LogP contribution in [0.25, 0.3) is 0 Å². The second kappa shape index (κ2) is 5.89. The lowest BCUT2D eigenvalue weighted by molar-refractivity contribution is 0.0994. The van der Waals surface area contributed by atoms with Gasteiger partial charge in [-0.15, -0.1) is 0 Å². The molecule has 3 rings (SSSR count). The first-order chi connectivity index (χ1) is 10.6. The van der Waals surface area contributed by atoms with Crippen LogP contribution in [0.15, 0.2) is 53.2 Å². The molecule has 0 unspecified atom stereocenters. The largest absolute Gasteiger partial charge is 0.454 e. The molecule has 112 valence electrons. The fourth-order valence-electron chi connectivity index (χ4n) is 2.33. The molecule has 5 heteroatoms. The summed E-state index contributed by atoms with van der Waals surface area (Å²) in [6.07, 6.45) is 3.55. The highest BCUT2D eigenvalue weighted by molar-refractivity contribution is 6.03. The summed E-state index contributed by atoms with van der Waals surface area (Å²) in [5.41, 5.74) is 2.88. The molecule has 22 heavy (non-hydrogen) atoms. The summed E-state index contributed by atoms with van der Waals surface area (Å²) in [5, 5.41) is 7.02. The Kier molecular flexibility index (Phi) is 3.78. The van der Waals surface area contributed by atoms with Gasteiger partial charge in [0.2, 0.25) is 0 Å². The van der Waals surface area contributed by atoms with Crippen molar-refractivity contribution in [3.8, 4) is 0 Å². The zero-order chi connectivity index (χ0) is 15.5.